The molecule has 6 nitrogen and oxygen atoms in total. The Kier molecular flexibility index (Phi) is 16.1. The van der Waals surface area contributed by atoms with Crippen molar-refractivity contribution in [3.63, 3.8) is 0 Å². The average Bonchev–Trinajstić information content (AvgIpc) is 3.18. The average molecular weight is 924 g/mol. The lowest BCUT2D eigenvalue weighted by Gasteiger charge is -2.31. The Labute approximate surface area is 386 Å². The molecule has 0 amide bonds. The Balaban J connectivity index is 1.88. The molecule has 4 aromatic carbocycles. The smallest absolute Gasteiger partial charge is 0.344 e. The van der Waals surface area contributed by atoms with Crippen molar-refractivity contribution in [2.75, 3.05) is 27.4 Å². The molecule has 0 heterocycles. The van der Waals surface area contributed by atoms with E-state index in [2.05, 4.69) is 119 Å². The van der Waals surface area contributed by atoms with E-state index in [-0.39, 0.29) is 58.1 Å². The van der Waals surface area contributed by atoms with Crippen LogP contribution in [0.2, 0.25) is 10.0 Å². The Morgan fingerprint density at radius 3 is 1.35 bits per heavy atom. The lowest BCUT2D eigenvalue weighted by atomic mass is 9.79. The second-order valence-corrected chi connectivity index (χ2v) is 24.1. The van der Waals surface area contributed by atoms with Gasteiger partial charge in [-0.15, -0.1) is 0 Å². The van der Waals surface area contributed by atoms with Crippen LogP contribution in [0.15, 0.2) is 48.5 Å². The van der Waals surface area contributed by atoms with Crippen LogP contribution >= 0.6 is 40.4 Å². The first-order valence-electron chi connectivity index (χ1n) is 22.0. The van der Waals surface area contributed by atoms with E-state index in [4.69, 9.17) is 46.9 Å². The van der Waals surface area contributed by atoms with Gasteiger partial charge >= 0.3 is 5.97 Å². The van der Waals surface area contributed by atoms with Crippen molar-refractivity contribution in [2.24, 2.45) is 0 Å². The fourth-order valence-corrected chi connectivity index (χ4v) is 11.1. The van der Waals surface area contributed by atoms with Gasteiger partial charge in [0.15, 0.2) is 6.61 Å². The monoisotopic (exact) mass is 922 g/mol. The van der Waals surface area contributed by atoms with E-state index >= 15 is 0 Å². The number of carbonyl (C=O) groups is 1. The molecule has 1 fully saturated rings. The summed E-state index contributed by atoms with van der Waals surface area (Å²) in [4.78, 5) is 13.0. The predicted molar refractivity (Wildman–Crippen MR) is 267 cm³/mol. The zero-order valence-corrected chi connectivity index (χ0v) is 43.4. The molecule has 0 spiro atoms. The quantitative estimate of drug-likeness (QED) is 0.0983. The molecule has 2 unspecified atom stereocenters. The molecule has 1 aliphatic carbocycles. The van der Waals surface area contributed by atoms with E-state index in [1.807, 2.05) is 12.1 Å². The number of methoxy groups -OCH3 is 2. The van der Waals surface area contributed by atoms with Gasteiger partial charge in [0.2, 0.25) is 0 Å². The third kappa shape index (κ3) is 11.8. The summed E-state index contributed by atoms with van der Waals surface area (Å²) in [5.74, 6) is 2.37. The third-order valence-electron chi connectivity index (χ3n) is 11.3. The Morgan fingerprint density at radius 2 is 0.984 bits per heavy atom. The minimum atomic E-state index is -0.475. The first kappa shape index (κ1) is 50.0. The van der Waals surface area contributed by atoms with Crippen LogP contribution in [0.4, 0.5) is 0 Å². The topological polar surface area (TPSA) is 63.2 Å². The molecule has 0 aromatic heterocycles. The van der Waals surface area contributed by atoms with Crippen molar-refractivity contribution >= 4 is 67.6 Å². The molecule has 1 aliphatic rings. The van der Waals surface area contributed by atoms with Gasteiger partial charge in [0.1, 0.15) is 23.0 Å². The van der Waals surface area contributed by atoms with E-state index in [0.29, 0.717) is 21.5 Å². The van der Waals surface area contributed by atoms with Crippen LogP contribution in [0.5, 0.6) is 23.0 Å². The second kappa shape index (κ2) is 20.0. The van der Waals surface area contributed by atoms with Gasteiger partial charge in [-0.3, -0.25) is 0 Å². The molecule has 5 rings (SSSR count). The van der Waals surface area contributed by atoms with Crippen LogP contribution in [-0.2, 0) is 31.2 Å². The highest BCUT2D eigenvalue weighted by Gasteiger charge is 2.32. The number of carbonyl (C=O) groups excluding carboxylic acids is 1. The molecular weight excluding hydrogens is 853 g/mol. The molecule has 0 radical (unpaired) electrons. The van der Waals surface area contributed by atoms with Crippen molar-refractivity contribution in [3.05, 3.63) is 80.8 Å². The third-order valence-corrected chi connectivity index (χ3v) is 14.4. The Bertz CT molecular complexity index is 2160. The van der Waals surface area contributed by atoms with Crippen molar-refractivity contribution in [3.8, 4) is 34.1 Å². The van der Waals surface area contributed by atoms with E-state index in [1.165, 1.54) is 6.42 Å². The fraction of sp³-hybridized carbons (Fsp3) is 0.519. The van der Waals surface area contributed by atoms with Gasteiger partial charge in [-0.05, 0) is 112 Å². The molecular formula is C52H70Cl2O6P2. The maximum Gasteiger partial charge on any atom is 0.344 e. The van der Waals surface area contributed by atoms with E-state index in [9.17, 15) is 4.79 Å². The molecule has 1 saturated carbocycles. The van der Waals surface area contributed by atoms with Gasteiger partial charge in [-0.25, -0.2) is 4.79 Å². The maximum atomic E-state index is 13.0. The van der Waals surface area contributed by atoms with Crippen LogP contribution in [0, 0.1) is 0 Å². The van der Waals surface area contributed by atoms with Gasteiger partial charge in [0, 0.05) is 33.4 Å². The fourth-order valence-electron chi connectivity index (χ4n) is 8.14. The van der Waals surface area contributed by atoms with Crippen LogP contribution in [-0.4, -0.2) is 39.5 Å². The van der Waals surface area contributed by atoms with Gasteiger partial charge in [0.25, 0.3) is 0 Å². The molecule has 2 atom stereocenters. The van der Waals surface area contributed by atoms with Crippen molar-refractivity contribution in [2.45, 2.75) is 150 Å². The zero-order chi connectivity index (χ0) is 45.9. The van der Waals surface area contributed by atoms with Gasteiger partial charge in [-0.1, -0.05) is 142 Å². The molecule has 4 aromatic rings. The van der Waals surface area contributed by atoms with Crippen LogP contribution in [0.25, 0.3) is 11.1 Å². The standard InChI is InChI=1S/C52H70Cl2O6P2/c1-16-58-42(55)30-59-47-38(53)22-24-40(61-32-26-34(49(2,3)4)45(56-14)35(27-32)50(5,6)7)43(47)44-41(25-23-39(54)48(44)60-31-20-18-17-19-21-31)62-33-28-36(51(8,9)10)46(57-15)37(29-33)52(11,12)13/h22-29,31,61-62H,16-21,30H2,1-15H3. The summed E-state index contributed by atoms with van der Waals surface area (Å²) in [6.07, 6.45) is 5.26. The number of benzene rings is 4. The number of esters is 1. The number of hydrogen-bond acceptors (Lipinski definition) is 6. The zero-order valence-electron chi connectivity index (χ0n) is 39.9. The molecule has 0 saturated heterocycles. The highest BCUT2D eigenvalue weighted by atomic mass is 35.5. The molecule has 0 N–H and O–H groups in total. The normalized spacial score (nSPS) is 14.5. The minimum Gasteiger partial charge on any atom is -0.496 e. The minimum absolute atomic E-state index is 0.00110. The van der Waals surface area contributed by atoms with Gasteiger partial charge in [0.05, 0.1) is 37.0 Å². The van der Waals surface area contributed by atoms with Crippen LogP contribution < -0.4 is 40.2 Å². The summed E-state index contributed by atoms with van der Waals surface area (Å²) in [6, 6.07) is 17.2. The number of ether oxygens (including phenoxy) is 5. The summed E-state index contributed by atoms with van der Waals surface area (Å²) < 4.78 is 31.3. The van der Waals surface area contributed by atoms with Crippen LogP contribution in [0.1, 0.15) is 144 Å². The SMILES string of the molecule is CCOC(=O)COc1c(Cl)ccc(Pc2cc(C(C)(C)C)c(OC)c(C(C)(C)C)c2)c1-c1c(Pc2cc(C(C)(C)C)c(OC)c(C(C)(C)C)c2)ccc(Cl)c1OC1CCCCC1. The summed E-state index contributed by atoms with van der Waals surface area (Å²) in [7, 11) is 3.89. The number of halogens is 2. The summed E-state index contributed by atoms with van der Waals surface area (Å²) >= 11 is 14.6. The molecule has 10 heteroatoms. The summed E-state index contributed by atoms with van der Waals surface area (Å²) in [6.45, 7) is 28.5. The number of hydrogen-bond donors (Lipinski definition) is 0. The number of rotatable bonds is 13. The van der Waals surface area contributed by atoms with E-state index in [1.54, 1.807) is 21.1 Å². The van der Waals surface area contributed by atoms with E-state index in [0.717, 1.165) is 91.8 Å². The van der Waals surface area contributed by atoms with Crippen LogP contribution in [0.3, 0.4) is 0 Å². The molecule has 0 bridgehead atoms. The van der Waals surface area contributed by atoms with Crippen molar-refractivity contribution in [1.82, 2.24) is 0 Å². The largest absolute Gasteiger partial charge is 0.496 e. The Hall–Kier alpha value is -3.01. The summed E-state index contributed by atoms with van der Waals surface area (Å²) in [5, 5.41) is 5.21. The Morgan fingerprint density at radius 1 is 0.597 bits per heavy atom. The van der Waals surface area contributed by atoms with Gasteiger partial charge < -0.3 is 23.7 Å². The summed E-state index contributed by atoms with van der Waals surface area (Å²) in [5.41, 5.74) is 5.41. The van der Waals surface area contributed by atoms with Crippen molar-refractivity contribution in [1.29, 1.82) is 0 Å². The molecule has 338 valence electrons. The van der Waals surface area contributed by atoms with Crippen molar-refractivity contribution < 1.29 is 28.5 Å². The van der Waals surface area contributed by atoms with Gasteiger partial charge in [-0.2, -0.15) is 0 Å². The lowest BCUT2D eigenvalue weighted by molar-refractivity contribution is -0.145. The maximum absolute atomic E-state index is 13.0. The second-order valence-electron chi connectivity index (χ2n) is 20.5. The highest BCUT2D eigenvalue weighted by Crippen LogP contribution is 2.48. The predicted octanol–water partition coefficient (Wildman–Crippen LogP) is 12.8. The lowest BCUT2D eigenvalue weighted by Crippen LogP contribution is -2.24. The molecule has 0 aliphatic heterocycles. The highest BCUT2D eigenvalue weighted by molar-refractivity contribution is 7.56. The molecule has 62 heavy (non-hydrogen) atoms. The first-order valence-corrected chi connectivity index (χ1v) is 24.7. The first-order chi connectivity index (χ1) is 28.9. The van der Waals surface area contributed by atoms with E-state index < -0.39 is 5.97 Å².